The van der Waals surface area contributed by atoms with E-state index in [-0.39, 0.29) is 13.2 Å². The summed E-state index contributed by atoms with van der Waals surface area (Å²) in [4.78, 5) is 48.2. The van der Waals surface area contributed by atoms with E-state index in [0.717, 1.165) is 0 Å². The van der Waals surface area contributed by atoms with Crippen LogP contribution in [0.5, 0.6) is 0 Å². The molecule has 1 rings (SSSR count). The largest absolute Gasteiger partial charge is 0.465 e. The van der Waals surface area contributed by atoms with Crippen molar-refractivity contribution in [3.05, 3.63) is 0 Å². The number of ketones is 2. The molecule has 1 N–H and O–H groups in total. The van der Waals surface area contributed by atoms with Crippen molar-refractivity contribution < 1.29 is 28.7 Å². The van der Waals surface area contributed by atoms with Gasteiger partial charge in [-0.05, 0) is 27.7 Å². The molecule has 4 unspecified atom stereocenters. The Labute approximate surface area is 123 Å². The van der Waals surface area contributed by atoms with Crippen LogP contribution >= 0.6 is 0 Å². The number of carbonyl (C=O) groups excluding carboxylic acids is 4. The second kappa shape index (κ2) is 7.31. The van der Waals surface area contributed by atoms with E-state index in [1.165, 1.54) is 0 Å². The van der Waals surface area contributed by atoms with Gasteiger partial charge in [0.05, 0.1) is 13.2 Å². The van der Waals surface area contributed by atoms with Crippen LogP contribution in [-0.4, -0.2) is 48.8 Å². The molecule has 1 aliphatic heterocycles. The molecule has 7 heteroatoms. The first kappa shape index (κ1) is 17.3. The van der Waals surface area contributed by atoms with E-state index in [1.54, 1.807) is 27.7 Å². The normalized spacial score (nSPS) is 29.7. The predicted molar refractivity (Wildman–Crippen MR) is 72.3 cm³/mol. The first-order valence-electron chi connectivity index (χ1n) is 7.02. The van der Waals surface area contributed by atoms with Crippen molar-refractivity contribution in [3.63, 3.8) is 0 Å². The Morgan fingerprint density at radius 2 is 1.24 bits per heavy atom. The minimum Gasteiger partial charge on any atom is -0.465 e. The van der Waals surface area contributed by atoms with Crippen LogP contribution < -0.4 is 5.32 Å². The van der Waals surface area contributed by atoms with E-state index >= 15 is 0 Å². The Kier molecular flexibility index (Phi) is 6.02. The lowest BCUT2D eigenvalue weighted by Gasteiger charge is -2.22. The highest BCUT2D eigenvalue weighted by Gasteiger charge is 2.48. The number of Topliss-reactive ketones (excluding diaryl/α,β-unsaturated/α-hetero) is 2. The SMILES string of the molecule is CCOC(=O)C1C(=O)C(=O)C(C(=O)OCC)C(C)NC1C. The maximum Gasteiger partial charge on any atom is 0.318 e. The lowest BCUT2D eigenvalue weighted by molar-refractivity contribution is -0.159. The van der Waals surface area contributed by atoms with Gasteiger partial charge in [-0.15, -0.1) is 0 Å². The van der Waals surface area contributed by atoms with Crippen LogP contribution in [-0.2, 0) is 28.7 Å². The van der Waals surface area contributed by atoms with E-state index in [9.17, 15) is 19.2 Å². The topological polar surface area (TPSA) is 98.8 Å². The van der Waals surface area contributed by atoms with Gasteiger partial charge in [-0.1, -0.05) is 0 Å². The molecule has 0 aromatic heterocycles. The molecule has 7 nitrogen and oxygen atoms in total. The predicted octanol–water partition coefficient (Wildman–Crippen LogP) is -0.137. The van der Waals surface area contributed by atoms with Gasteiger partial charge < -0.3 is 14.8 Å². The zero-order valence-corrected chi connectivity index (χ0v) is 12.7. The molecule has 0 aliphatic carbocycles. The summed E-state index contributed by atoms with van der Waals surface area (Å²) in [7, 11) is 0. The number of ether oxygens (including phenoxy) is 2. The molecule has 0 spiro atoms. The highest BCUT2D eigenvalue weighted by molar-refractivity contribution is 6.44. The van der Waals surface area contributed by atoms with E-state index in [2.05, 4.69) is 5.32 Å². The van der Waals surface area contributed by atoms with Crippen molar-refractivity contribution in [2.45, 2.75) is 39.8 Å². The van der Waals surface area contributed by atoms with Gasteiger partial charge in [-0.25, -0.2) is 0 Å². The molecule has 0 saturated carbocycles. The standard InChI is InChI=1S/C14H21NO6/c1-5-20-13(18)9-7(3)15-8(4)10(12(17)11(9)16)14(19)21-6-2/h7-10,15H,5-6H2,1-4H3. The molecular formula is C14H21NO6. The average molecular weight is 299 g/mol. The van der Waals surface area contributed by atoms with Crippen LogP contribution in [0.1, 0.15) is 27.7 Å². The van der Waals surface area contributed by atoms with Crippen molar-refractivity contribution >= 4 is 23.5 Å². The van der Waals surface area contributed by atoms with Crippen LogP contribution in [0.2, 0.25) is 0 Å². The molecule has 1 heterocycles. The number of hydrogen-bond acceptors (Lipinski definition) is 7. The fourth-order valence-electron chi connectivity index (χ4n) is 2.45. The second-order valence-electron chi connectivity index (χ2n) is 4.93. The van der Waals surface area contributed by atoms with Gasteiger partial charge in [0.15, 0.2) is 0 Å². The average Bonchev–Trinajstić information content (AvgIpc) is 2.46. The van der Waals surface area contributed by atoms with Gasteiger partial charge in [0.25, 0.3) is 0 Å². The van der Waals surface area contributed by atoms with E-state index in [4.69, 9.17) is 9.47 Å². The lowest BCUT2D eigenvalue weighted by atomic mass is 9.90. The fraction of sp³-hybridized carbons (Fsp3) is 0.714. The summed E-state index contributed by atoms with van der Waals surface area (Å²) in [5, 5.41) is 2.94. The first-order valence-corrected chi connectivity index (χ1v) is 7.02. The highest BCUT2D eigenvalue weighted by atomic mass is 16.5. The monoisotopic (exact) mass is 299 g/mol. The maximum atomic E-state index is 12.2. The molecule has 0 radical (unpaired) electrons. The molecule has 0 bridgehead atoms. The molecule has 21 heavy (non-hydrogen) atoms. The third kappa shape index (κ3) is 3.66. The number of carbonyl (C=O) groups is 4. The summed E-state index contributed by atoms with van der Waals surface area (Å²) in [5.41, 5.74) is 0. The molecule has 1 aliphatic rings. The van der Waals surface area contributed by atoms with Crippen molar-refractivity contribution in [1.82, 2.24) is 5.32 Å². The summed E-state index contributed by atoms with van der Waals surface area (Å²) in [6.07, 6.45) is 0. The molecule has 4 atom stereocenters. The Bertz CT molecular complexity index is 407. The van der Waals surface area contributed by atoms with Crippen LogP contribution in [0, 0.1) is 11.8 Å². The summed E-state index contributed by atoms with van der Waals surface area (Å²) in [5.74, 6) is -5.80. The smallest absolute Gasteiger partial charge is 0.318 e. The van der Waals surface area contributed by atoms with Crippen molar-refractivity contribution in [1.29, 1.82) is 0 Å². The van der Waals surface area contributed by atoms with Crippen LogP contribution in [0.3, 0.4) is 0 Å². The fourth-order valence-corrected chi connectivity index (χ4v) is 2.45. The Morgan fingerprint density at radius 3 is 1.52 bits per heavy atom. The van der Waals surface area contributed by atoms with Crippen molar-refractivity contribution in [2.24, 2.45) is 11.8 Å². The number of nitrogens with one attached hydrogen (secondary N) is 1. The molecule has 118 valence electrons. The summed E-state index contributed by atoms with van der Waals surface area (Å²) < 4.78 is 9.67. The third-order valence-electron chi connectivity index (χ3n) is 3.41. The molecule has 1 fully saturated rings. The van der Waals surface area contributed by atoms with Gasteiger partial charge >= 0.3 is 11.9 Å². The maximum absolute atomic E-state index is 12.2. The number of esters is 2. The Hall–Kier alpha value is -1.76. The van der Waals surface area contributed by atoms with E-state index in [1.807, 2.05) is 0 Å². The zero-order valence-electron chi connectivity index (χ0n) is 12.7. The van der Waals surface area contributed by atoms with Gasteiger partial charge in [-0.2, -0.15) is 0 Å². The quantitative estimate of drug-likeness (QED) is 0.438. The summed E-state index contributed by atoms with van der Waals surface area (Å²) >= 11 is 0. The Balaban J connectivity index is 3.08. The van der Waals surface area contributed by atoms with Gasteiger partial charge in [0.2, 0.25) is 11.6 Å². The van der Waals surface area contributed by atoms with Crippen molar-refractivity contribution in [3.8, 4) is 0 Å². The molecular weight excluding hydrogens is 278 g/mol. The van der Waals surface area contributed by atoms with Gasteiger partial charge in [0, 0.05) is 12.1 Å². The van der Waals surface area contributed by atoms with Crippen LogP contribution in [0.15, 0.2) is 0 Å². The minimum absolute atomic E-state index is 0.111. The van der Waals surface area contributed by atoms with E-state index < -0.39 is 47.4 Å². The molecule has 0 aromatic rings. The second-order valence-corrected chi connectivity index (χ2v) is 4.93. The van der Waals surface area contributed by atoms with Crippen LogP contribution in [0.4, 0.5) is 0 Å². The molecule has 0 aromatic carbocycles. The Morgan fingerprint density at radius 1 is 0.905 bits per heavy atom. The third-order valence-corrected chi connectivity index (χ3v) is 3.41. The van der Waals surface area contributed by atoms with E-state index in [0.29, 0.717) is 0 Å². The van der Waals surface area contributed by atoms with Gasteiger partial charge in [-0.3, -0.25) is 19.2 Å². The lowest BCUT2D eigenvalue weighted by Crippen LogP contribution is -2.45. The van der Waals surface area contributed by atoms with Crippen LogP contribution in [0.25, 0.3) is 0 Å². The van der Waals surface area contributed by atoms with Gasteiger partial charge in [0.1, 0.15) is 11.8 Å². The zero-order chi connectivity index (χ0) is 16.2. The number of rotatable bonds is 4. The molecule has 1 saturated heterocycles. The minimum atomic E-state index is -1.24. The van der Waals surface area contributed by atoms with Crippen molar-refractivity contribution in [2.75, 3.05) is 13.2 Å². The highest BCUT2D eigenvalue weighted by Crippen LogP contribution is 2.21. The summed E-state index contributed by atoms with van der Waals surface area (Å²) in [6, 6.07) is -1.20. The number of hydrogen-bond donors (Lipinski definition) is 1. The molecule has 0 amide bonds. The summed E-state index contributed by atoms with van der Waals surface area (Å²) in [6.45, 7) is 6.67. The first-order chi connectivity index (χ1) is 9.84.